The second kappa shape index (κ2) is 9.80. The van der Waals surface area contributed by atoms with Crippen LogP contribution in [0, 0.1) is 25.2 Å². The van der Waals surface area contributed by atoms with E-state index in [1.165, 1.54) is 42.2 Å². The summed E-state index contributed by atoms with van der Waals surface area (Å²) in [5, 5.41) is 12.1. The number of pyridine rings is 2. The monoisotopic (exact) mass is 467 g/mol. The molecular weight excluding hydrogens is 446 g/mol. The lowest BCUT2D eigenvalue weighted by atomic mass is 10.1. The van der Waals surface area contributed by atoms with E-state index in [1.807, 2.05) is 19.9 Å². The van der Waals surface area contributed by atoms with Gasteiger partial charge in [0.15, 0.2) is 0 Å². The van der Waals surface area contributed by atoms with Crippen molar-refractivity contribution in [2.24, 2.45) is 0 Å². The van der Waals surface area contributed by atoms with Gasteiger partial charge < -0.3 is 5.32 Å². The predicted octanol–water partition coefficient (Wildman–Crippen LogP) is 3.89. The van der Waals surface area contributed by atoms with Crippen molar-refractivity contribution < 1.29 is 13.2 Å². The van der Waals surface area contributed by atoms with Crippen LogP contribution in [0.5, 0.6) is 0 Å². The number of nitrogens with one attached hydrogen (secondary N) is 2. The zero-order valence-corrected chi connectivity index (χ0v) is 19.3. The molecule has 2 heterocycles. The van der Waals surface area contributed by atoms with Crippen LogP contribution in [-0.2, 0) is 14.8 Å². The molecule has 8 nitrogen and oxygen atoms in total. The van der Waals surface area contributed by atoms with Crippen molar-refractivity contribution in [2.45, 2.75) is 35.9 Å². The Balaban J connectivity index is 1.68. The highest BCUT2D eigenvalue weighted by Crippen LogP contribution is 2.28. The van der Waals surface area contributed by atoms with E-state index in [0.29, 0.717) is 16.3 Å². The second-order valence-electron chi connectivity index (χ2n) is 6.97. The Morgan fingerprint density at radius 2 is 1.88 bits per heavy atom. The summed E-state index contributed by atoms with van der Waals surface area (Å²) < 4.78 is 27.4. The van der Waals surface area contributed by atoms with Crippen LogP contribution in [0.25, 0.3) is 0 Å². The number of benzene rings is 1. The Morgan fingerprint density at radius 3 is 2.50 bits per heavy atom. The van der Waals surface area contributed by atoms with Crippen LogP contribution in [0.15, 0.2) is 64.6 Å². The number of hydrogen-bond acceptors (Lipinski definition) is 7. The van der Waals surface area contributed by atoms with Gasteiger partial charge >= 0.3 is 0 Å². The third-order valence-electron chi connectivity index (χ3n) is 4.42. The Kier molecular flexibility index (Phi) is 7.12. The Hall–Kier alpha value is -3.42. The molecule has 0 radical (unpaired) electrons. The fraction of sp³-hybridized carbons (Fsp3) is 0.182. The average molecular weight is 468 g/mol. The van der Waals surface area contributed by atoms with Gasteiger partial charge in [-0.3, -0.25) is 9.52 Å². The highest BCUT2D eigenvalue weighted by molar-refractivity contribution is 8.00. The molecule has 0 aliphatic heterocycles. The van der Waals surface area contributed by atoms with Gasteiger partial charge in [0.05, 0.1) is 15.7 Å². The lowest BCUT2D eigenvalue weighted by Gasteiger charge is -2.14. The van der Waals surface area contributed by atoms with E-state index in [1.54, 1.807) is 25.1 Å². The SMILES string of the molecule is Cc1cc(C)c(C#N)c(SC(C)C(=O)Nc2ccc(S(=O)(=O)Nc3ccccn3)cc2)n1. The molecule has 0 bridgehead atoms. The number of carbonyl (C=O) groups is 1. The number of amides is 1. The molecule has 2 N–H and O–H groups in total. The van der Waals surface area contributed by atoms with Gasteiger partial charge in [0.2, 0.25) is 5.91 Å². The lowest BCUT2D eigenvalue weighted by Crippen LogP contribution is -2.23. The van der Waals surface area contributed by atoms with Crippen molar-refractivity contribution in [3.63, 3.8) is 0 Å². The zero-order chi connectivity index (χ0) is 23.3. The van der Waals surface area contributed by atoms with Crippen LogP contribution in [0.2, 0.25) is 0 Å². The molecule has 0 saturated heterocycles. The molecular formula is C22H21N5O3S2. The van der Waals surface area contributed by atoms with Gasteiger partial charge in [0.1, 0.15) is 16.9 Å². The van der Waals surface area contributed by atoms with Gasteiger partial charge in [-0.15, -0.1) is 0 Å². The molecule has 0 saturated carbocycles. The first-order chi connectivity index (χ1) is 15.2. The number of rotatable bonds is 7. The predicted molar refractivity (Wildman–Crippen MR) is 124 cm³/mol. The summed E-state index contributed by atoms with van der Waals surface area (Å²) in [5.41, 5.74) is 2.49. The highest BCUT2D eigenvalue weighted by atomic mass is 32.2. The van der Waals surface area contributed by atoms with Crippen LogP contribution in [0.3, 0.4) is 0 Å². The number of aromatic nitrogens is 2. The van der Waals surface area contributed by atoms with E-state index in [9.17, 15) is 18.5 Å². The van der Waals surface area contributed by atoms with E-state index >= 15 is 0 Å². The molecule has 0 spiro atoms. The fourth-order valence-corrected chi connectivity index (χ4v) is 4.86. The van der Waals surface area contributed by atoms with E-state index < -0.39 is 15.3 Å². The number of sulfonamides is 1. The molecule has 32 heavy (non-hydrogen) atoms. The topological polar surface area (TPSA) is 125 Å². The number of aryl methyl sites for hydroxylation is 2. The Bertz CT molecular complexity index is 1270. The first-order valence-corrected chi connectivity index (χ1v) is 12.0. The molecule has 3 rings (SSSR count). The summed E-state index contributed by atoms with van der Waals surface area (Å²) >= 11 is 1.20. The third kappa shape index (κ3) is 5.63. The molecule has 10 heteroatoms. The van der Waals surface area contributed by atoms with Gasteiger partial charge in [-0.25, -0.2) is 18.4 Å². The number of anilines is 2. The molecule has 0 fully saturated rings. The van der Waals surface area contributed by atoms with Crippen LogP contribution in [0.4, 0.5) is 11.5 Å². The van der Waals surface area contributed by atoms with Crippen LogP contribution in [0.1, 0.15) is 23.7 Å². The van der Waals surface area contributed by atoms with Gasteiger partial charge in [0, 0.05) is 17.6 Å². The zero-order valence-electron chi connectivity index (χ0n) is 17.7. The minimum Gasteiger partial charge on any atom is -0.325 e. The van der Waals surface area contributed by atoms with E-state index in [4.69, 9.17) is 0 Å². The summed E-state index contributed by atoms with van der Waals surface area (Å²) in [6, 6.07) is 14.7. The summed E-state index contributed by atoms with van der Waals surface area (Å²) in [5.74, 6) is -0.0745. The average Bonchev–Trinajstić information content (AvgIpc) is 2.74. The number of thioether (sulfide) groups is 1. The highest BCUT2D eigenvalue weighted by Gasteiger charge is 2.20. The molecule has 3 aromatic rings. The molecule has 1 aromatic carbocycles. The van der Waals surface area contributed by atoms with Gasteiger partial charge in [-0.05, 0) is 68.8 Å². The number of nitrogens with zero attached hydrogens (tertiary/aromatic N) is 3. The van der Waals surface area contributed by atoms with Crippen molar-refractivity contribution in [1.82, 2.24) is 9.97 Å². The maximum absolute atomic E-state index is 12.6. The Morgan fingerprint density at radius 1 is 1.16 bits per heavy atom. The maximum Gasteiger partial charge on any atom is 0.263 e. The molecule has 164 valence electrons. The summed E-state index contributed by atoms with van der Waals surface area (Å²) in [6.07, 6.45) is 1.49. The summed E-state index contributed by atoms with van der Waals surface area (Å²) in [7, 11) is -3.80. The van der Waals surface area contributed by atoms with Gasteiger partial charge in [0.25, 0.3) is 10.0 Å². The standard InChI is InChI=1S/C22H21N5O3S2/c1-14-12-15(2)25-22(19(14)13-23)31-16(3)21(28)26-17-7-9-18(10-8-17)32(29,30)27-20-6-4-5-11-24-20/h4-12,16H,1-3H3,(H,24,27)(H,26,28). The first kappa shape index (κ1) is 23.2. The van der Waals surface area contributed by atoms with Gasteiger partial charge in [-0.2, -0.15) is 5.26 Å². The number of hydrogen-bond donors (Lipinski definition) is 2. The summed E-state index contributed by atoms with van der Waals surface area (Å²) in [6.45, 7) is 5.39. The largest absolute Gasteiger partial charge is 0.325 e. The second-order valence-corrected chi connectivity index (χ2v) is 9.98. The fourth-order valence-electron chi connectivity index (χ4n) is 2.83. The van der Waals surface area contributed by atoms with Crippen LogP contribution in [-0.4, -0.2) is 29.5 Å². The smallest absolute Gasteiger partial charge is 0.263 e. The van der Waals surface area contributed by atoms with Crippen molar-refractivity contribution in [3.8, 4) is 6.07 Å². The minimum absolute atomic E-state index is 0.0432. The van der Waals surface area contributed by atoms with Gasteiger partial charge in [-0.1, -0.05) is 17.8 Å². The maximum atomic E-state index is 12.6. The van der Waals surface area contributed by atoms with Crippen LogP contribution >= 0.6 is 11.8 Å². The van der Waals surface area contributed by atoms with Crippen LogP contribution < -0.4 is 10.0 Å². The van der Waals surface area contributed by atoms with Crippen molar-refractivity contribution >= 4 is 39.2 Å². The lowest BCUT2D eigenvalue weighted by molar-refractivity contribution is -0.115. The molecule has 0 aliphatic rings. The van der Waals surface area contributed by atoms with E-state index in [-0.39, 0.29) is 16.6 Å². The normalized spacial score (nSPS) is 11.9. The third-order valence-corrected chi connectivity index (χ3v) is 6.87. The molecule has 1 amide bonds. The summed E-state index contributed by atoms with van der Waals surface area (Å²) in [4.78, 5) is 21.0. The van der Waals surface area contributed by atoms with Crippen molar-refractivity contribution in [2.75, 3.05) is 10.0 Å². The minimum atomic E-state index is -3.80. The number of carbonyl (C=O) groups excluding carboxylic acids is 1. The quantitative estimate of drug-likeness (QED) is 0.505. The molecule has 2 aromatic heterocycles. The molecule has 0 aliphatic carbocycles. The molecule has 1 atom stereocenters. The van der Waals surface area contributed by atoms with E-state index in [2.05, 4.69) is 26.1 Å². The number of nitriles is 1. The first-order valence-electron chi connectivity index (χ1n) is 9.59. The van der Waals surface area contributed by atoms with E-state index in [0.717, 1.165) is 11.3 Å². The van der Waals surface area contributed by atoms with Crippen molar-refractivity contribution in [3.05, 3.63) is 71.5 Å². The molecule has 1 unspecified atom stereocenters. The Labute approximate surface area is 191 Å². The van der Waals surface area contributed by atoms with Crippen molar-refractivity contribution in [1.29, 1.82) is 5.26 Å².